The summed E-state index contributed by atoms with van der Waals surface area (Å²) in [5.41, 5.74) is 3.03. The Morgan fingerprint density at radius 3 is 3.00 bits per heavy atom. The molecule has 2 rings (SSSR count). The molecule has 78 valence electrons. The molecule has 0 atom stereocenters. The maximum atomic E-state index is 5.26. The molecule has 3 nitrogen and oxygen atoms in total. The van der Waals surface area contributed by atoms with E-state index in [4.69, 9.17) is 4.74 Å². The van der Waals surface area contributed by atoms with Gasteiger partial charge in [-0.25, -0.2) is 9.97 Å². The second-order valence-electron chi connectivity index (χ2n) is 3.52. The van der Waals surface area contributed by atoms with Crippen molar-refractivity contribution in [1.82, 2.24) is 9.97 Å². The molecule has 1 aliphatic rings. The van der Waals surface area contributed by atoms with Crippen molar-refractivity contribution in [2.24, 2.45) is 0 Å². The van der Waals surface area contributed by atoms with Gasteiger partial charge in [-0.3, -0.25) is 0 Å². The van der Waals surface area contributed by atoms with E-state index in [-0.39, 0.29) is 0 Å². The van der Waals surface area contributed by atoms with Gasteiger partial charge in [-0.15, -0.1) is 0 Å². The molecule has 0 N–H and O–H groups in total. The number of hydrogen-bond acceptors (Lipinski definition) is 3. The van der Waals surface area contributed by atoms with Gasteiger partial charge in [0.1, 0.15) is 0 Å². The van der Waals surface area contributed by atoms with Crippen molar-refractivity contribution < 1.29 is 4.74 Å². The van der Waals surface area contributed by atoms with Gasteiger partial charge in [-0.05, 0) is 31.1 Å². The molecule has 15 heavy (non-hydrogen) atoms. The van der Waals surface area contributed by atoms with Gasteiger partial charge in [0.25, 0.3) is 0 Å². The van der Waals surface area contributed by atoms with Crippen LogP contribution in [0.5, 0.6) is 0 Å². The fourth-order valence-corrected chi connectivity index (χ4v) is 1.57. The zero-order valence-electron chi connectivity index (χ0n) is 8.86. The third kappa shape index (κ3) is 2.30. The van der Waals surface area contributed by atoms with Gasteiger partial charge < -0.3 is 4.74 Å². The summed E-state index contributed by atoms with van der Waals surface area (Å²) in [4.78, 5) is 8.85. The number of aryl methyl sites for hydroxylation is 1. The van der Waals surface area contributed by atoms with Crippen LogP contribution < -0.4 is 0 Å². The predicted octanol–water partition coefficient (Wildman–Crippen LogP) is 2.23. The van der Waals surface area contributed by atoms with Gasteiger partial charge in [-0.1, -0.05) is 12.7 Å². The Hall–Kier alpha value is -1.48. The number of aromatic nitrogens is 2. The van der Waals surface area contributed by atoms with Crippen molar-refractivity contribution in [3.8, 4) is 0 Å². The lowest BCUT2D eigenvalue weighted by molar-refractivity contribution is 0.161. The average molecular weight is 202 g/mol. The summed E-state index contributed by atoms with van der Waals surface area (Å²) < 4.78 is 5.26. The standard InChI is InChI=1S/C12H14N2O/c1-3-11-8-9(2)13-12(14-11)10-4-6-15-7-5-10/h3-4,8H,1,5-7H2,2H3. The molecule has 0 radical (unpaired) electrons. The van der Waals surface area contributed by atoms with E-state index in [2.05, 4.69) is 16.5 Å². The maximum absolute atomic E-state index is 5.26. The van der Waals surface area contributed by atoms with Crippen LogP contribution in [0.1, 0.15) is 23.6 Å². The van der Waals surface area contributed by atoms with Crippen molar-refractivity contribution in [2.75, 3.05) is 13.2 Å². The molecule has 0 aromatic carbocycles. The topological polar surface area (TPSA) is 35.0 Å². The fourth-order valence-electron chi connectivity index (χ4n) is 1.57. The Bertz CT molecular complexity index is 410. The van der Waals surface area contributed by atoms with Gasteiger partial charge in [0.2, 0.25) is 0 Å². The first-order valence-corrected chi connectivity index (χ1v) is 5.05. The molecular formula is C12H14N2O. The fraction of sp³-hybridized carbons (Fsp3) is 0.333. The van der Waals surface area contributed by atoms with E-state index in [0.29, 0.717) is 6.61 Å². The molecule has 3 heteroatoms. The van der Waals surface area contributed by atoms with E-state index < -0.39 is 0 Å². The summed E-state index contributed by atoms with van der Waals surface area (Å²) in [5.74, 6) is 0.813. The Kier molecular flexibility index (Phi) is 2.92. The average Bonchev–Trinajstić information content (AvgIpc) is 2.29. The molecule has 0 fully saturated rings. The van der Waals surface area contributed by atoms with Crippen molar-refractivity contribution in [2.45, 2.75) is 13.3 Å². The summed E-state index contributed by atoms with van der Waals surface area (Å²) in [5, 5.41) is 0. The summed E-state index contributed by atoms with van der Waals surface area (Å²) in [6.45, 7) is 7.11. The summed E-state index contributed by atoms with van der Waals surface area (Å²) in [6.07, 6.45) is 4.68. The largest absolute Gasteiger partial charge is 0.377 e. The van der Waals surface area contributed by atoms with Crippen molar-refractivity contribution in [3.05, 3.63) is 35.9 Å². The van der Waals surface area contributed by atoms with Crippen LogP contribution in [0.25, 0.3) is 11.6 Å². The van der Waals surface area contributed by atoms with Crippen molar-refractivity contribution in [1.29, 1.82) is 0 Å². The molecule has 1 aliphatic heterocycles. The lowest BCUT2D eigenvalue weighted by Crippen LogP contribution is -2.07. The van der Waals surface area contributed by atoms with Gasteiger partial charge in [0, 0.05) is 5.69 Å². The molecule has 0 saturated carbocycles. The summed E-state index contributed by atoms with van der Waals surface area (Å²) >= 11 is 0. The maximum Gasteiger partial charge on any atom is 0.155 e. The number of ether oxygens (including phenoxy) is 1. The lowest BCUT2D eigenvalue weighted by Gasteiger charge is -2.12. The zero-order valence-corrected chi connectivity index (χ0v) is 8.86. The zero-order chi connectivity index (χ0) is 10.7. The monoisotopic (exact) mass is 202 g/mol. The first-order chi connectivity index (χ1) is 7.29. The van der Waals surface area contributed by atoms with E-state index in [9.17, 15) is 0 Å². The van der Waals surface area contributed by atoms with E-state index in [1.807, 2.05) is 19.1 Å². The number of nitrogens with zero attached hydrogens (tertiary/aromatic N) is 2. The molecule has 0 bridgehead atoms. The predicted molar refractivity (Wildman–Crippen MR) is 60.3 cm³/mol. The molecular weight excluding hydrogens is 188 g/mol. The minimum absolute atomic E-state index is 0.663. The summed E-state index contributed by atoms with van der Waals surface area (Å²) in [7, 11) is 0. The van der Waals surface area contributed by atoms with Crippen LogP contribution in [0.4, 0.5) is 0 Å². The minimum Gasteiger partial charge on any atom is -0.377 e. The third-order valence-corrected chi connectivity index (χ3v) is 2.33. The second-order valence-corrected chi connectivity index (χ2v) is 3.52. The Morgan fingerprint density at radius 2 is 2.33 bits per heavy atom. The van der Waals surface area contributed by atoms with Crippen LogP contribution >= 0.6 is 0 Å². The van der Waals surface area contributed by atoms with Crippen LogP contribution in [0.3, 0.4) is 0 Å². The molecule has 0 spiro atoms. The summed E-state index contributed by atoms with van der Waals surface area (Å²) in [6, 6.07) is 1.93. The highest BCUT2D eigenvalue weighted by Crippen LogP contribution is 2.18. The Balaban J connectivity index is 2.38. The third-order valence-electron chi connectivity index (χ3n) is 2.33. The van der Waals surface area contributed by atoms with E-state index in [0.717, 1.165) is 30.2 Å². The highest BCUT2D eigenvalue weighted by atomic mass is 16.5. The van der Waals surface area contributed by atoms with Gasteiger partial charge >= 0.3 is 0 Å². The van der Waals surface area contributed by atoms with Gasteiger partial charge in [-0.2, -0.15) is 0 Å². The SMILES string of the molecule is C=Cc1cc(C)nc(C2=CCOCC2)n1. The lowest BCUT2D eigenvalue weighted by atomic mass is 10.1. The smallest absolute Gasteiger partial charge is 0.155 e. The first kappa shape index (κ1) is 10.1. The first-order valence-electron chi connectivity index (χ1n) is 5.05. The minimum atomic E-state index is 0.663. The molecule has 0 saturated heterocycles. The van der Waals surface area contributed by atoms with Crippen LogP contribution in [0.2, 0.25) is 0 Å². The highest BCUT2D eigenvalue weighted by Gasteiger charge is 2.09. The van der Waals surface area contributed by atoms with E-state index in [1.165, 1.54) is 5.57 Å². The second kappa shape index (κ2) is 4.36. The molecule has 0 aliphatic carbocycles. The van der Waals surface area contributed by atoms with Crippen molar-refractivity contribution in [3.63, 3.8) is 0 Å². The van der Waals surface area contributed by atoms with Crippen LogP contribution in [0.15, 0.2) is 18.7 Å². The molecule has 0 amide bonds. The van der Waals surface area contributed by atoms with E-state index >= 15 is 0 Å². The normalized spacial score (nSPS) is 15.9. The van der Waals surface area contributed by atoms with Crippen LogP contribution in [-0.2, 0) is 4.74 Å². The van der Waals surface area contributed by atoms with E-state index in [1.54, 1.807) is 6.08 Å². The number of hydrogen-bond donors (Lipinski definition) is 0. The number of rotatable bonds is 2. The Labute approximate surface area is 89.5 Å². The van der Waals surface area contributed by atoms with Gasteiger partial charge in [0.15, 0.2) is 5.82 Å². The molecule has 0 unspecified atom stereocenters. The van der Waals surface area contributed by atoms with Crippen LogP contribution in [-0.4, -0.2) is 23.2 Å². The molecule has 1 aromatic rings. The van der Waals surface area contributed by atoms with Crippen molar-refractivity contribution >= 4 is 11.6 Å². The molecule has 1 aromatic heterocycles. The molecule has 2 heterocycles. The highest BCUT2D eigenvalue weighted by molar-refractivity contribution is 5.61. The van der Waals surface area contributed by atoms with Gasteiger partial charge in [0.05, 0.1) is 18.9 Å². The Morgan fingerprint density at radius 1 is 1.47 bits per heavy atom. The van der Waals surface area contributed by atoms with Crippen LogP contribution in [0, 0.1) is 6.92 Å². The quantitative estimate of drug-likeness (QED) is 0.737.